The zero-order chi connectivity index (χ0) is 16.1. The topological polar surface area (TPSA) is 76.1 Å². The lowest BCUT2D eigenvalue weighted by Crippen LogP contribution is -2.14. The maximum Gasteiger partial charge on any atom is 0.256 e. The summed E-state index contributed by atoms with van der Waals surface area (Å²) in [7, 11) is 1.52. The molecule has 6 heteroatoms. The summed E-state index contributed by atoms with van der Waals surface area (Å²) in [6.07, 6.45) is 2.19. The summed E-state index contributed by atoms with van der Waals surface area (Å²) in [5.74, 6) is 1.29. The van der Waals surface area contributed by atoms with Gasteiger partial charge < -0.3 is 15.4 Å². The van der Waals surface area contributed by atoms with E-state index in [1.165, 1.54) is 19.1 Å². The molecule has 3 rings (SSSR count). The molecule has 1 saturated heterocycles. The van der Waals surface area contributed by atoms with Crippen LogP contribution in [0.1, 0.15) is 22.3 Å². The van der Waals surface area contributed by atoms with Crippen molar-refractivity contribution in [3.8, 4) is 5.88 Å². The molecule has 1 aromatic carbocycles. The largest absolute Gasteiger partial charge is 0.480 e. The Balaban J connectivity index is 1.66. The molecule has 1 amide bonds. The molecule has 1 fully saturated rings. The lowest BCUT2D eigenvalue weighted by molar-refractivity contribution is 0.102. The number of hydrogen-bond donors (Lipinski definition) is 2. The summed E-state index contributed by atoms with van der Waals surface area (Å²) < 4.78 is 4.95. The highest BCUT2D eigenvalue weighted by Gasteiger charge is 2.15. The number of methoxy groups -OCH3 is 1. The van der Waals surface area contributed by atoms with Crippen LogP contribution in [0.4, 0.5) is 5.82 Å². The first-order valence-corrected chi connectivity index (χ1v) is 7.73. The average molecular weight is 312 g/mol. The van der Waals surface area contributed by atoms with Gasteiger partial charge in [-0.3, -0.25) is 4.79 Å². The molecule has 0 saturated carbocycles. The van der Waals surface area contributed by atoms with Crippen molar-refractivity contribution in [2.24, 2.45) is 5.92 Å². The monoisotopic (exact) mass is 312 g/mol. The number of carbonyl (C=O) groups is 1. The lowest BCUT2D eigenvalue weighted by atomic mass is 9.97. The molecule has 1 unspecified atom stereocenters. The van der Waals surface area contributed by atoms with E-state index in [2.05, 4.69) is 26.9 Å². The van der Waals surface area contributed by atoms with E-state index in [9.17, 15) is 4.79 Å². The Bertz CT molecular complexity index is 667. The Kier molecular flexibility index (Phi) is 4.83. The lowest BCUT2D eigenvalue weighted by Gasteiger charge is -2.10. The highest BCUT2D eigenvalue weighted by atomic mass is 16.5. The number of aromatic nitrogens is 2. The maximum absolute atomic E-state index is 12.3. The fourth-order valence-corrected chi connectivity index (χ4v) is 2.75. The fraction of sp³-hybridized carbons (Fsp3) is 0.353. The first-order valence-electron chi connectivity index (χ1n) is 7.73. The zero-order valence-corrected chi connectivity index (χ0v) is 13.1. The second kappa shape index (κ2) is 7.19. The molecule has 0 radical (unpaired) electrons. The third-order valence-corrected chi connectivity index (χ3v) is 3.97. The second-order valence-electron chi connectivity index (χ2n) is 5.68. The van der Waals surface area contributed by atoms with Crippen LogP contribution in [-0.2, 0) is 6.42 Å². The van der Waals surface area contributed by atoms with Gasteiger partial charge in [-0.2, -0.15) is 0 Å². The smallest absolute Gasteiger partial charge is 0.256 e. The SMILES string of the molecule is COc1ccc(NC(=O)c2cccc(CC3CCNC3)c2)nn1. The van der Waals surface area contributed by atoms with Crippen molar-refractivity contribution in [1.82, 2.24) is 15.5 Å². The standard InChI is InChI=1S/C17H20N4O2/c1-23-16-6-5-15(20-21-16)19-17(22)14-4-2-3-12(10-14)9-13-7-8-18-11-13/h2-6,10,13,18H,7-9,11H2,1H3,(H,19,20,22). The van der Waals surface area contributed by atoms with Crippen molar-refractivity contribution in [3.05, 3.63) is 47.5 Å². The zero-order valence-electron chi connectivity index (χ0n) is 13.1. The summed E-state index contributed by atoms with van der Waals surface area (Å²) in [4.78, 5) is 12.3. The van der Waals surface area contributed by atoms with Crippen LogP contribution in [0.2, 0.25) is 0 Å². The van der Waals surface area contributed by atoms with E-state index in [1.54, 1.807) is 12.1 Å². The molecule has 6 nitrogen and oxygen atoms in total. The highest BCUT2D eigenvalue weighted by molar-refractivity contribution is 6.03. The van der Waals surface area contributed by atoms with Crippen molar-refractivity contribution in [3.63, 3.8) is 0 Å². The Morgan fingerprint density at radius 3 is 2.96 bits per heavy atom. The van der Waals surface area contributed by atoms with Crippen LogP contribution in [-0.4, -0.2) is 36.3 Å². The first kappa shape index (κ1) is 15.4. The summed E-state index contributed by atoms with van der Waals surface area (Å²) in [6, 6.07) is 11.1. The minimum Gasteiger partial charge on any atom is -0.480 e. The molecule has 2 aromatic rings. The van der Waals surface area contributed by atoms with Gasteiger partial charge in [0.15, 0.2) is 5.82 Å². The molecule has 120 valence electrons. The van der Waals surface area contributed by atoms with Crippen LogP contribution in [0, 0.1) is 5.92 Å². The van der Waals surface area contributed by atoms with Gasteiger partial charge in [-0.25, -0.2) is 0 Å². The Labute approximate surface area is 135 Å². The van der Waals surface area contributed by atoms with Crippen LogP contribution in [0.15, 0.2) is 36.4 Å². The molecule has 2 N–H and O–H groups in total. The molecule has 23 heavy (non-hydrogen) atoms. The van der Waals surface area contributed by atoms with Crippen molar-refractivity contribution in [1.29, 1.82) is 0 Å². The number of ether oxygens (including phenoxy) is 1. The quantitative estimate of drug-likeness (QED) is 0.882. The Morgan fingerprint density at radius 1 is 1.35 bits per heavy atom. The van der Waals surface area contributed by atoms with E-state index in [1.807, 2.05) is 18.2 Å². The molecule has 0 spiro atoms. The van der Waals surface area contributed by atoms with Gasteiger partial charge in [-0.1, -0.05) is 12.1 Å². The van der Waals surface area contributed by atoms with Crippen LogP contribution in [0.25, 0.3) is 0 Å². The number of hydrogen-bond acceptors (Lipinski definition) is 5. The third kappa shape index (κ3) is 4.04. The third-order valence-electron chi connectivity index (χ3n) is 3.97. The van der Waals surface area contributed by atoms with Crippen LogP contribution in [0.5, 0.6) is 5.88 Å². The van der Waals surface area contributed by atoms with Crippen LogP contribution < -0.4 is 15.4 Å². The molecular formula is C17H20N4O2. The number of rotatable bonds is 5. The van der Waals surface area contributed by atoms with Gasteiger partial charge in [0.1, 0.15) is 0 Å². The summed E-state index contributed by atoms with van der Waals surface area (Å²) in [5.41, 5.74) is 1.82. The fourth-order valence-electron chi connectivity index (χ4n) is 2.75. The summed E-state index contributed by atoms with van der Waals surface area (Å²) >= 11 is 0. The molecule has 0 aliphatic carbocycles. The van der Waals surface area contributed by atoms with Gasteiger partial charge in [0.05, 0.1) is 7.11 Å². The number of anilines is 1. The minimum atomic E-state index is -0.184. The number of benzene rings is 1. The van der Waals surface area contributed by atoms with Gasteiger partial charge in [0.2, 0.25) is 5.88 Å². The molecule has 1 aromatic heterocycles. The van der Waals surface area contributed by atoms with Gasteiger partial charge in [0.25, 0.3) is 5.91 Å². The Morgan fingerprint density at radius 2 is 2.26 bits per heavy atom. The van der Waals surface area contributed by atoms with E-state index in [0.717, 1.165) is 19.5 Å². The van der Waals surface area contributed by atoms with Crippen molar-refractivity contribution >= 4 is 11.7 Å². The van der Waals surface area contributed by atoms with Gasteiger partial charge in [-0.15, -0.1) is 10.2 Å². The van der Waals surface area contributed by atoms with Crippen LogP contribution in [0.3, 0.4) is 0 Å². The molecule has 1 aliphatic rings. The van der Waals surface area contributed by atoms with Crippen molar-refractivity contribution in [2.45, 2.75) is 12.8 Å². The van der Waals surface area contributed by atoms with Gasteiger partial charge in [-0.05, 0) is 55.6 Å². The van der Waals surface area contributed by atoms with Crippen molar-refractivity contribution < 1.29 is 9.53 Å². The highest BCUT2D eigenvalue weighted by Crippen LogP contribution is 2.17. The predicted molar refractivity (Wildman–Crippen MR) is 87.7 cm³/mol. The Hall–Kier alpha value is -2.47. The number of amides is 1. The maximum atomic E-state index is 12.3. The summed E-state index contributed by atoms with van der Waals surface area (Å²) in [5, 5.41) is 13.9. The molecule has 0 bridgehead atoms. The molecular weight excluding hydrogens is 292 g/mol. The normalized spacial score (nSPS) is 17.0. The van der Waals surface area contributed by atoms with E-state index < -0.39 is 0 Å². The van der Waals surface area contributed by atoms with Gasteiger partial charge >= 0.3 is 0 Å². The van der Waals surface area contributed by atoms with Crippen LogP contribution >= 0.6 is 0 Å². The predicted octanol–water partition coefficient (Wildman–Crippen LogP) is 1.89. The van der Waals surface area contributed by atoms with E-state index in [4.69, 9.17) is 4.74 Å². The molecule has 2 heterocycles. The first-order chi connectivity index (χ1) is 11.2. The van der Waals surface area contributed by atoms with E-state index >= 15 is 0 Å². The number of carbonyl (C=O) groups excluding carboxylic acids is 1. The summed E-state index contributed by atoms with van der Waals surface area (Å²) in [6.45, 7) is 2.14. The van der Waals surface area contributed by atoms with Crippen molar-refractivity contribution in [2.75, 3.05) is 25.5 Å². The number of nitrogens with zero attached hydrogens (tertiary/aromatic N) is 2. The van der Waals surface area contributed by atoms with E-state index in [0.29, 0.717) is 23.2 Å². The molecule has 1 aliphatic heterocycles. The van der Waals surface area contributed by atoms with E-state index in [-0.39, 0.29) is 5.91 Å². The minimum absolute atomic E-state index is 0.184. The second-order valence-corrected chi connectivity index (χ2v) is 5.68. The van der Waals surface area contributed by atoms with Gasteiger partial charge in [0, 0.05) is 11.6 Å². The average Bonchev–Trinajstić information content (AvgIpc) is 3.09. The molecule has 1 atom stereocenters. The number of nitrogens with one attached hydrogen (secondary N) is 2.